The van der Waals surface area contributed by atoms with Crippen LogP contribution in [-0.4, -0.2) is 8.42 Å². The van der Waals surface area contributed by atoms with Crippen molar-refractivity contribution < 1.29 is 12.8 Å². The van der Waals surface area contributed by atoms with Crippen molar-refractivity contribution in [3.8, 4) is 11.3 Å². The van der Waals surface area contributed by atoms with Crippen LogP contribution in [0.1, 0.15) is 5.56 Å². The molecule has 0 radical (unpaired) electrons. The number of hydrogen-bond acceptors (Lipinski definition) is 4. The molecular formula is C22H16ClNO4S. The van der Waals surface area contributed by atoms with E-state index >= 15 is 0 Å². The lowest BCUT2D eigenvalue weighted by atomic mass is 10.1. The van der Waals surface area contributed by atoms with E-state index in [0.717, 1.165) is 11.1 Å². The minimum absolute atomic E-state index is 0.0731. The first-order chi connectivity index (χ1) is 13.8. The molecule has 4 aromatic rings. The average Bonchev–Trinajstić information content (AvgIpc) is 2.69. The number of aryl methyl sites for hydroxylation is 1. The van der Waals surface area contributed by atoms with Gasteiger partial charge in [-0.15, -0.1) is 0 Å². The van der Waals surface area contributed by atoms with E-state index in [1.807, 2.05) is 31.2 Å². The summed E-state index contributed by atoms with van der Waals surface area (Å²) in [4.78, 5) is 12.7. The Balaban J connectivity index is 1.73. The number of benzene rings is 3. The van der Waals surface area contributed by atoms with Gasteiger partial charge in [-0.05, 0) is 55.0 Å². The van der Waals surface area contributed by atoms with E-state index in [9.17, 15) is 13.2 Å². The van der Waals surface area contributed by atoms with Crippen LogP contribution in [0, 0.1) is 6.92 Å². The van der Waals surface area contributed by atoms with Crippen molar-refractivity contribution in [3.05, 3.63) is 93.6 Å². The second-order valence-electron chi connectivity index (χ2n) is 6.56. The first kappa shape index (κ1) is 19.2. The number of nitrogens with one attached hydrogen (secondary N) is 1. The number of anilines is 1. The van der Waals surface area contributed by atoms with Gasteiger partial charge in [0, 0.05) is 22.3 Å². The second-order valence-corrected chi connectivity index (χ2v) is 8.68. The van der Waals surface area contributed by atoms with Crippen LogP contribution in [-0.2, 0) is 10.0 Å². The lowest BCUT2D eigenvalue weighted by Crippen LogP contribution is -2.13. The standard InChI is InChI=1S/C22H16ClNO4S/c1-14-4-2-3-5-18(14)22-13-20(25)19-12-16(8-11-21(19)28-22)24-29(26,27)17-9-6-15(23)7-10-17/h2-13,24H,1H3. The lowest BCUT2D eigenvalue weighted by Gasteiger charge is -2.10. The molecule has 29 heavy (non-hydrogen) atoms. The highest BCUT2D eigenvalue weighted by atomic mass is 35.5. The second kappa shape index (κ2) is 7.39. The van der Waals surface area contributed by atoms with Gasteiger partial charge in [-0.25, -0.2) is 8.42 Å². The monoisotopic (exact) mass is 425 g/mol. The number of halogens is 1. The predicted molar refractivity (Wildman–Crippen MR) is 115 cm³/mol. The number of sulfonamides is 1. The summed E-state index contributed by atoms with van der Waals surface area (Å²) in [5, 5.41) is 0.732. The Hall–Kier alpha value is -3.09. The Bertz CT molecular complexity index is 1380. The fourth-order valence-corrected chi connectivity index (χ4v) is 4.21. The van der Waals surface area contributed by atoms with Gasteiger partial charge in [-0.3, -0.25) is 9.52 Å². The van der Waals surface area contributed by atoms with Crippen LogP contribution in [0.2, 0.25) is 5.02 Å². The summed E-state index contributed by atoms with van der Waals surface area (Å²) in [7, 11) is -3.81. The van der Waals surface area contributed by atoms with Crippen LogP contribution in [0.4, 0.5) is 5.69 Å². The number of fused-ring (bicyclic) bond motifs is 1. The summed E-state index contributed by atoms with van der Waals surface area (Å²) >= 11 is 5.81. The van der Waals surface area contributed by atoms with Gasteiger partial charge in [0.1, 0.15) is 11.3 Å². The maximum absolute atomic E-state index is 12.7. The fraction of sp³-hybridized carbons (Fsp3) is 0.0455. The molecule has 0 saturated carbocycles. The zero-order chi connectivity index (χ0) is 20.6. The molecule has 146 valence electrons. The molecule has 7 heteroatoms. The van der Waals surface area contributed by atoms with E-state index in [2.05, 4.69) is 4.72 Å². The lowest BCUT2D eigenvalue weighted by molar-refractivity contribution is 0.601. The molecule has 0 spiro atoms. The molecule has 0 saturated heterocycles. The van der Waals surface area contributed by atoms with Crippen LogP contribution in [0.15, 0.2) is 86.9 Å². The summed E-state index contributed by atoms with van der Waals surface area (Å²) < 4.78 is 33.5. The van der Waals surface area contributed by atoms with Gasteiger partial charge in [-0.2, -0.15) is 0 Å². The third kappa shape index (κ3) is 3.90. The van der Waals surface area contributed by atoms with Gasteiger partial charge in [-0.1, -0.05) is 35.9 Å². The highest BCUT2D eigenvalue weighted by molar-refractivity contribution is 7.92. The molecule has 5 nitrogen and oxygen atoms in total. The average molecular weight is 426 g/mol. The molecule has 0 aliphatic rings. The molecule has 0 atom stereocenters. The summed E-state index contributed by atoms with van der Waals surface area (Å²) in [6, 6.07) is 19.5. The van der Waals surface area contributed by atoms with Gasteiger partial charge in [0.15, 0.2) is 5.43 Å². The summed E-state index contributed by atoms with van der Waals surface area (Å²) in [6.07, 6.45) is 0. The molecule has 1 N–H and O–H groups in total. The van der Waals surface area contributed by atoms with Crippen LogP contribution in [0.3, 0.4) is 0 Å². The third-order valence-electron chi connectivity index (χ3n) is 4.51. The molecule has 4 rings (SSSR count). The van der Waals surface area contributed by atoms with E-state index in [1.165, 1.54) is 36.4 Å². The maximum atomic E-state index is 12.7. The van der Waals surface area contributed by atoms with Gasteiger partial charge < -0.3 is 4.42 Å². The SMILES string of the molecule is Cc1ccccc1-c1cc(=O)c2cc(NS(=O)(=O)c3ccc(Cl)cc3)ccc2o1. The van der Waals surface area contributed by atoms with Gasteiger partial charge in [0.25, 0.3) is 10.0 Å². The highest BCUT2D eigenvalue weighted by Crippen LogP contribution is 2.27. The summed E-state index contributed by atoms with van der Waals surface area (Å²) in [6.45, 7) is 1.94. The Morgan fingerprint density at radius 2 is 1.66 bits per heavy atom. The molecule has 3 aromatic carbocycles. The van der Waals surface area contributed by atoms with Crippen LogP contribution in [0.5, 0.6) is 0 Å². The molecular weight excluding hydrogens is 410 g/mol. The first-order valence-electron chi connectivity index (χ1n) is 8.76. The normalized spacial score (nSPS) is 11.5. The van der Waals surface area contributed by atoms with Crippen molar-refractivity contribution in [2.45, 2.75) is 11.8 Å². The fourth-order valence-electron chi connectivity index (χ4n) is 3.03. The zero-order valence-electron chi connectivity index (χ0n) is 15.3. The van der Waals surface area contributed by atoms with E-state index in [1.54, 1.807) is 12.1 Å². The Morgan fingerprint density at radius 3 is 2.38 bits per heavy atom. The van der Waals surface area contributed by atoms with Crippen molar-refractivity contribution in [1.82, 2.24) is 0 Å². The predicted octanol–water partition coefficient (Wildman–Crippen LogP) is 5.22. The smallest absolute Gasteiger partial charge is 0.261 e. The topological polar surface area (TPSA) is 76.4 Å². The first-order valence-corrected chi connectivity index (χ1v) is 10.6. The number of rotatable bonds is 4. The molecule has 0 fully saturated rings. The minimum Gasteiger partial charge on any atom is -0.456 e. The maximum Gasteiger partial charge on any atom is 0.261 e. The largest absolute Gasteiger partial charge is 0.456 e. The third-order valence-corrected chi connectivity index (χ3v) is 6.16. The molecule has 0 unspecified atom stereocenters. The van der Waals surface area contributed by atoms with Crippen molar-refractivity contribution >= 4 is 38.3 Å². The summed E-state index contributed by atoms with van der Waals surface area (Å²) in [5.41, 5.74) is 2.21. The van der Waals surface area contributed by atoms with Crippen molar-refractivity contribution in [3.63, 3.8) is 0 Å². The molecule has 1 aromatic heterocycles. The van der Waals surface area contributed by atoms with Crippen LogP contribution in [0.25, 0.3) is 22.3 Å². The molecule has 1 heterocycles. The number of hydrogen-bond donors (Lipinski definition) is 1. The Kier molecular flexibility index (Phi) is 4.90. The van der Waals surface area contributed by atoms with E-state index in [4.69, 9.17) is 16.0 Å². The quantitative estimate of drug-likeness (QED) is 0.486. The van der Waals surface area contributed by atoms with Gasteiger partial charge >= 0.3 is 0 Å². The Morgan fingerprint density at radius 1 is 0.931 bits per heavy atom. The molecule has 0 aliphatic heterocycles. The zero-order valence-corrected chi connectivity index (χ0v) is 16.9. The summed E-state index contributed by atoms with van der Waals surface area (Å²) in [5.74, 6) is 0.468. The Labute approximate surface area is 172 Å². The van der Waals surface area contributed by atoms with E-state index in [0.29, 0.717) is 21.8 Å². The molecule has 0 aliphatic carbocycles. The van der Waals surface area contributed by atoms with Crippen LogP contribution < -0.4 is 10.2 Å². The van der Waals surface area contributed by atoms with Crippen LogP contribution >= 0.6 is 11.6 Å². The molecule has 0 bridgehead atoms. The van der Waals surface area contributed by atoms with E-state index in [-0.39, 0.29) is 16.0 Å². The van der Waals surface area contributed by atoms with Gasteiger partial charge in [0.05, 0.1) is 10.3 Å². The minimum atomic E-state index is -3.81. The van der Waals surface area contributed by atoms with Crippen molar-refractivity contribution in [1.29, 1.82) is 0 Å². The van der Waals surface area contributed by atoms with Crippen molar-refractivity contribution in [2.24, 2.45) is 0 Å². The van der Waals surface area contributed by atoms with Gasteiger partial charge in [0.2, 0.25) is 0 Å². The molecule has 0 amide bonds. The van der Waals surface area contributed by atoms with E-state index < -0.39 is 10.0 Å². The highest BCUT2D eigenvalue weighted by Gasteiger charge is 2.15. The van der Waals surface area contributed by atoms with Crippen molar-refractivity contribution in [2.75, 3.05) is 4.72 Å².